The van der Waals surface area contributed by atoms with Gasteiger partial charge in [0.15, 0.2) is 11.5 Å². The molecule has 2 rings (SSSR count). The number of methoxy groups -OCH3 is 1. The van der Waals surface area contributed by atoms with Crippen molar-refractivity contribution in [1.82, 2.24) is 4.98 Å². The number of nitrogens with zero attached hydrogens (tertiary/aromatic N) is 1. The number of aryl methyl sites for hydroxylation is 1. The largest absolute Gasteiger partial charge is 0.490 e. The van der Waals surface area contributed by atoms with Crippen LogP contribution in [0, 0.1) is 6.92 Å². The molecular formula is C21H31NO6S. The summed E-state index contributed by atoms with van der Waals surface area (Å²) in [5, 5.41) is 10.1. The summed E-state index contributed by atoms with van der Waals surface area (Å²) in [6.45, 7) is 7.71. The predicted molar refractivity (Wildman–Crippen MR) is 113 cm³/mol. The number of hydrogen-bond acceptors (Lipinski definition) is 8. The van der Waals surface area contributed by atoms with E-state index in [1.807, 2.05) is 32.0 Å². The minimum absolute atomic E-state index is 0.0995. The van der Waals surface area contributed by atoms with Crippen LogP contribution in [-0.2, 0) is 20.6 Å². The SMILES string of the molecule is CCOc1cc(-c2nc(CCO)c(C)s2)ccc1OCCOCCOCCOC. The summed E-state index contributed by atoms with van der Waals surface area (Å²) in [7, 11) is 1.65. The third-order valence-corrected chi connectivity index (χ3v) is 5.08. The van der Waals surface area contributed by atoms with E-state index in [-0.39, 0.29) is 6.61 Å². The lowest BCUT2D eigenvalue weighted by Gasteiger charge is -2.13. The highest BCUT2D eigenvalue weighted by atomic mass is 32.1. The van der Waals surface area contributed by atoms with E-state index in [0.717, 1.165) is 21.1 Å². The van der Waals surface area contributed by atoms with E-state index in [9.17, 15) is 0 Å². The summed E-state index contributed by atoms with van der Waals surface area (Å²) >= 11 is 1.62. The Morgan fingerprint density at radius 1 is 0.966 bits per heavy atom. The van der Waals surface area contributed by atoms with E-state index in [0.29, 0.717) is 64.2 Å². The quantitative estimate of drug-likeness (QED) is 0.439. The van der Waals surface area contributed by atoms with Crippen LogP contribution in [0.2, 0.25) is 0 Å². The molecule has 0 aliphatic heterocycles. The van der Waals surface area contributed by atoms with Crippen molar-refractivity contribution in [3.63, 3.8) is 0 Å². The van der Waals surface area contributed by atoms with Crippen molar-refractivity contribution in [2.24, 2.45) is 0 Å². The van der Waals surface area contributed by atoms with Gasteiger partial charge in [0.25, 0.3) is 0 Å². The molecule has 2 aromatic rings. The maximum atomic E-state index is 9.17. The van der Waals surface area contributed by atoms with Gasteiger partial charge in [-0.1, -0.05) is 0 Å². The van der Waals surface area contributed by atoms with Gasteiger partial charge in [-0.3, -0.25) is 0 Å². The van der Waals surface area contributed by atoms with Gasteiger partial charge in [0, 0.05) is 30.6 Å². The molecule has 0 saturated heterocycles. The van der Waals surface area contributed by atoms with Crippen molar-refractivity contribution in [3.8, 4) is 22.1 Å². The maximum absolute atomic E-state index is 9.17. The molecule has 7 nitrogen and oxygen atoms in total. The lowest BCUT2D eigenvalue weighted by molar-refractivity contribution is 0.0178. The number of thiazole rings is 1. The van der Waals surface area contributed by atoms with Crippen molar-refractivity contribution in [2.75, 3.05) is 60.0 Å². The summed E-state index contributed by atoms with van der Waals surface area (Å²) in [6.07, 6.45) is 0.569. The zero-order valence-corrected chi connectivity index (χ0v) is 18.3. The van der Waals surface area contributed by atoms with Crippen LogP contribution in [-0.4, -0.2) is 70.1 Å². The van der Waals surface area contributed by atoms with Crippen LogP contribution in [0.4, 0.5) is 0 Å². The van der Waals surface area contributed by atoms with E-state index in [4.69, 9.17) is 28.8 Å². The van der Waals surface area contributed by atoms with Crippen molar-refractivity contribution in [3.05, 3.63) is 28.8 Å². The molecular weight excluding hydrogens is 394 g/mol. The molecule has 29 heavy (non-hydrogen) atoms. The Morgan fingerprint density at radius 2 is 1.69 bits per heavy atom. The monoisotopic (exact) mass is 425 g/mol. The van der Waals surface area contributed by atoms with Crippen LogP contribution in [0.25, 0.3) is 10.6 Å². The summed E-state index contributed by atoms with van der Waals surface area (Å²) in [5.41, 5.74) is 1.91. The second-order valence-electron chi connectivity index (χ2n) is 6.16. The number of rotatable bonds is 15. The van der Waals surface area contributed by atoms with Crippen molar-refractivity contribution < 1.29 is 28.8 Å². The van der Waals surface area contributed by atoms with Crippen molar-refractivity contribution >= 4 is 11.3 Å². The molecule has 1 aromatic carbocycles. The molecule has 8 heteroatoms. The van der Waals surface area contributed by atoms with E-state index < -0.39 is 0 Å². The first-order valence-electron chi connectivity index (χ1n) is 9.81. The van der Waals surface area contributed by atoms with Gasteiger partial charge < -0.3 is 28.8 Å². The normalized spacial score (nSPS) is 11.0. The molecule has 0 bridgehead atoms. The summed E-state index contributed by atoms with van der Waals surface area (Å²) < 4.78 is 27.3. The number of benzene rings is 1. The summed E-state index contributed by atoms with van der Waals surface area (Å²) in [5.74, 6) is 1.36. The zero-order chi connectivity index (χ0) is 20.9. The molecule has 0 unspecified atom stereocenters. The predicted octanol–water partition coefficient (Wildman–Crippen LogP) is 3.11. The van der Waals surface area contributed by atoms with Crippen LogP contribution in [0.3, 0.4) is 0 Å². The number of aromatic nitrogens is 1. The first-order valence-corrected chi connectivity index (χ1v) is 10.6. The molecule has 0 aliphatic carbocycles. The average Bonchev–Trinajstić information content (AvgIpc) is 3.08. The third-order valence-electron chi connectivity index (χ3n) is 4.02. The smallest absolute Gasteiger partial charge is 0.161 e. The number of aliphatic hydroxyl groups is 1. The van der Waals surface area contributed by atoms with E-state index in [1.165, 1.54) is 0 Å². The van der Waals surface area contributed by atoms with Gasteiger partial charge in [0.05, 0.1) is 45.3 Å². The Hall–Kier alpha value is -1.71. The highest BCUT2D eigenvalue weighted by Gasteiger charge is 2.13. The number of hydrogen-bond donors (Lipinski definition) is 1. The topological polar surface area (TPSA) is 79.3 Å². The average molecular weight is 426 g/mol. The highest BCUT2D eigenvalue weighted by Crippen LogP contribution is 2.35. The minimum atomic E-state index is 0.0995. The molecule has 0 fully saturated rings. The van der Waals surface area contributed by atoms with Gasteiger partial charge in [-0.25, -0.2) is 4.98 Å². The van der Waals surface area contributed by atoms with Gasteiger partial charge in [-0.15, -0.1) is 11.3 Å². The summed E-state index contributed by atoms with van der Waals surface area (Å²) in [4.78, 5) is 5.77. The fourth-order valence-corrected chi connectivity index (χ4v) is 3.55. The maximum Gasteiger partial charge on any atom is 0.161 e. The molecule has 0 aliphatic rings. The first kappa shape index (κ1) is 23.6. The van der Waals surface area contributed by atoms with Gasteiger partial charge in [0.2, 0.25) is 0 Å². The van der Waals surface area contributed by atoms with Gasteiger partial charge in [-0.2, -0.15) is 0 Å². The molecule has 0 saturated carbocycles. The van der Waals surface area contributed by atoms with E-state index >= 15 is 0 Å². The van der Waals surface area contributed by atoms with E-state index in [1.54, 1.807) is 18.4 Å². The summed E-state index contributed by atoms with van der Waals surface area (Å²) in [6, 6.07) is 5.82. The van der Waals surface area contributed by atoms with Gasteiger partial charge >= 0.3 is 0 Å². The Bertz CT molecular complexity index is 721. The fraction of sp³-hybridized carbons (Fsp3) is 0.571. The molecule has 0 radical (unpaired) electrons. The van der Waals surface area contributed by atoms with Crippen LogP contribution in [0.1, 0.15) is 17.5 Å². The zero-order valence-electron chi connectivity index (χ0n) is 17.4. The highest BCUT2D eigenvalue weighted by molar-refractivity contribution is 7.15. The molecule has 1 N–H and O–H groups in total. The Kier molecular flexibility index (Phi) is 11.0. The molecule has 1 aromatic heterocycles. The third kappa shape index (κ3) is 7.91. The van der Waals surface area contributed by atoms with Gasteiger partial charge in [-0.05, 0) is 32.0 Å². The lowest BCUT2D eigenvalue weighted by Crippen LogP contribution is -2.12. The molecule has 1 heterocycles. The fourth-order valence-electron chi connectivity index (χ4n) is 2.59. The van der Waals surface area contributed by atoms with E-state index in [2.05, 4.69) is 4.98 Å². The molecule has 0 spiro atoms. The molecule has 162 valence electrons. The van der Waals surface area contributed by atoms with Crippen LogP contribution in [0.5, 0.6) is 11.5 Å². The van der Waals surface area contributed by atoms with Crippen molar-refractivity contribution in [1.29, 1.82) is 0 Å². The molecule has 0 amide bonds. The number of ether oxygens (including phenoxy) is 5. The van der Waals surface area contributed by atoms with Crippen LogP contribution >= 0.6 is 11.3 Å². The standard InChI is InChI=1S/C21H31NO6S/c1-4-27-20-15-17(21-22-18(7-8-23)16(2)29-21)5-6-19(20)28-14-13-26-12-11-25-10-9-24-3/h5-6,15,23H,4,7-14H2,1-3H3. The Morgan fingerprint density at radius 3 is 2.38 bits per heavy atom. The van der Waals surface area contributed by atoms with Crippen LogP contribution in [0.15, 0.2) is 18.2 Å². The second-order valence-corrected chi connectivity index (χ2v) is 7.36. The Labute approximate surface area is 176 Å². The first-order chi connectivity index (χ1) is 14.2. The number of aliphatic hydroxyl groups excluding tert-OH is 1. The second kappa shape index (κ2) is 13.5. The Balaban J connectivity index is 1.88. The molecule has 0 atom stereocenters. The van der Waals surface area contributed by atoms with Crippen LogP contribution < -0.4 is 9.47 Å². The lowest BCUT2D eigenvalue weighted by atomic mass is 10.2. The van der Waals surface area contributed by atoms with Crippen molar-refractivity contribution in [2.45, 2.75) is 20.3 Å². The minimum Gasteiger partial charge on any atom is -0.490 e. The van der Waals surface area contributed by atoms with Gasteiger partial charge in [0.1, 0.15) is 11.6 Å².